The lowest BCUT2D eigenvalue weighted by molar-refractivity contribution is 0.282. The molecule has 0 saturated carbocycles. The lowest BCUT2D eigenvalue weighted by Gasteiger charge is -2.20. The number of hydrogen-bond donors (Lipinski definition) is 2. The van der Waals surface area contributed by atoms with Crippen LogP contribution >= 0.6 is 24.0 Å². The van der Waals surface area contributed by atoms with Gasteiger partial charge in [0.1, 0.15) is 6.61 Å². The summed E-state index contributed by atoms with van der Waals surface area (Å²) in [5.41, 5.74) is 1.07. The summed E-state index contributed by atoms with van der Waals surface area (Å²) in [5, 5.41) is 6.74. The van der Waals surface area contributed by atoms with Gasteiger partial charge in [0.25, 0.3) is 0 Å². The molecule has 29 heavy (non-hydrogen) atoms. The van der Waals surface area contributed by atoms with E-state index < -0.39 is 0 Å². The molecule has 1 aromatic carbocycles. The molecule has 7 heteroatoms. The molecule has 2 N–H and O–H groups in total. The summed E-state index contributed by atoms with van der Waals surface area (Å²) in [7, 11) is 3.41. The Labute approximate surface area is 192 Å². The molecule has 1 heterocycles. The van der Waals surface area contributed by atoms with Crippen molar-refractivity contribution in [1.82, 2.24) is 15.5 Å². The maximum Gasteiger partial charge on any atom is 0.191 e. The Hall–Kier alpha value is -1.66. The fourth-order valence-corrected chi connectivity index (χ4v) is 3.34. The minimum atomic E-state index is 0. The topological polar surface area (TPSA) is 58.1 Å². The number of hydrogen-bond acceptors (Lipinski definition) is 4. The Balaban J connectivity index is 0.00000420. The summed E-state index contributed by atoms with van der Waals surface area (Å²) < 4.78 is 10.9. The lowest BCUT2D eigenvalue weighted by atomic mass is 10.2. The van der Waals surface area contributed by atoms with Gasteiger partial charge in [0.05, 0.1) is 7.11 Å². The van der Waals surface area contributed by atoms with Crippen LogP contribution in [-0.2, 0) is 6.54 Å². The van der Waals surface area contributed by atoms with Crippen LogP contribution in [0, 0.1) is 12.3 Å². The summed E-state index contributed by atoms with van der Waals surface area (Å²) in [5.74, 6) is 4.61. The van der Waals surface area contributed by atoms with Gasteiger partial charge in [0.15, 0.2) is 17.5 Å². The smallest absolute Gasteiger partial charge is 0.191 e. The average molecular weight is 514 g/mol. The second-order valence-corrected chi connectivity index (χ2v) is 6.94. The molecular weight excluding hydrogens is 479 g/mol. The van der Waals surface area contributed by atoms with Crippen LogP contribution in [0.15, 0.2) is 23.2 Å². The molecular formula is C22H35IN4O2. The molecule has 1 aliphatic rings. The monoisotopic (exact) mass is 514 g/mol. The Bertz CT molecular complexity index is 653. The highest BCUT2D eigenvalue weighted by Crippen LogP contribution is 2.27. The van der Waals surface area contributed by atoms with Crippen LogP contribution in [0.1, 0.15) is 37.7 Å². The van der Waals surface area contributed by atoms with Crippen molar-refractivity contribution >= 4 is 29.9 Å². The Morgan fingerprint density at radius 2 is 1.93 bits per heavy atom. The van der Waals surface area contributed by atoms with Crippen molar-refractivity contribution < 1.29 is 9.47 Å². The number of guanidine groups is 1. The van der Waals surface area contributed by atoms with Crippen molar-refractivity contribution in [3.8, 4) is 23.8 Å². The zero-order valence-electron chi connectivity index (χ0n) is 17.7. The van der Waals surface area contributed by atoms with Crippen molar-refractivity contribution in [2.45, 2.75) is 38.6 Å². The van der Waals surface area contributed by atoms with Gasteiger partial charge < -0.3 is 25.0 Å². The van der Waals surface area contributed by atoms with Crippen LogP contribution in [0.4, 0.5) is 0 Å². The molecule has 1 aliphatic heterocycles. The van der Waals surface area contributed by atoms with Gasteiger partial charge in [0.2, 0.25) is 0 Å². The average Bonchev–Trinajstić information content (AvgIpc) is 3.00. The maximum absolute atomic E-state index is 5.56. The zero-order chi connectivity index (χ0) is 20.0. The molecule has 1 aromatic rings. The zero-order valence-corrected chi connectivity index (χ0v) is 20.0. The van der Waals surface area contributed by atoms with Crippen molar-refractivity contribution in [1.29, 1.82) is 0 Å². The highest BCUT2D eigenvalue weighted by atomic mass is 127. The molecule has 0 radical (unpaired) electrons. The number of likely N-dealkylation sites (tertiary alicyclic amines) is 1. The number of rotatable bonds is 9. The third-order valence-corrected chi connectivity index (χ3v) is 4.86. The van der Waals surface area contributed by atoms with Gasteiger partial charge in [-0.25, -0.2) is 0 Å². The van der Waals surface area contributed by atoms with E-state index in [1.54, 1.807) is 14.2 Å². The molecule has 1 fully saturated rings. The molecule has 0 aromatic heterocycles. The van der Waals surface area contributed by atoms with Crippen LogP contribution in [0.2, 0.25) is 0 Å². The van der Waals surface area contributed by atoms with Gasteiger partial charge in [-0.15, -0.1) is 30.4 Å². The SMILES string of the molecule is C#CCOc1cc(CNC(=NC)NCCCN2CCCCCC2)ccc1OC.I. The van der Waals surface area contributed by atoms with Crippen molar-refractivity contribution in [2.75, 3.05) is 46.9 Å². The van der Waals surface area contributed by atoms with Gasteiger partial charge in [0, 0.05) is 20.1 Å². The summed E-state index contributed by atoms with van der Waals surface area (Å²) in [6.07, 6.45) is 11.8. The number of aliphatic imine (C=N–C) groups is 1. The third-order valence-electron chi connectivity index (χ3n) is 4.86. The van der Waals surface area contributed by atoms with Crippen LogP contribution in [0.5, 0.6) is 11.5 Å². The molecule has 0 atom stereocenters. The minimum Gasteiger partial charge on any atom is -0.493 e. The first kappa shape index (κ1) is 25.4. The summed E-state index contributed by atoms with van der Waals surface area (Å²) in [4.78, 5) is 6.89. The van der Waals surface area contributed by atoms with E-state index in [9.17, 15) is 0 Å². The van der Waals surface area contributed by atoms with Gasteiger partial charge in [-0.2, -0.15) is 0 Å². The molecule has 6 nitrogen and oxygen atoms in total. The first-order valence-electron chi connectivity index (χ1n) is 10.2. The molecule has 2 rings (SSSR count). The predicted molar refractivity (Wildman–Crippen MR) is 130 cm³/mol. The number of methoxy groups -OCH3 is 1. The number of benzene rings is 1. The summed E-state index contributed by atoms with van der Waals surface area (Å²) in [6, 6.07) is 5.83. The molecule has 0 bridgehead atoms. The molecule has 1 saturated heterocycles. The van der Waals surface area contributed by atoms with E-state index >= 15 is 0 Å². The minimum absolute atomic E-state index is 0. The fourth-order valence-electron chi connectivity index (χ4n) is 3.34. The first-order valence-corrected chi connectivity index (χ1v) is 10.2. The van der Waals surface area contributed by atoms with E-state index in [1.165, 1.54) is 38.8 Å². The van der Waals surface area contributed by atoms with E-state index in [0.29, 0.717) is 18.0 Å². The van der Waals surface area contributed by atoms with Gasteiger partial charge in [-0.3, -0.25) is 4.99 Å². The van der Waals surface area contributed by atoms with Crippen LogP contribution in [0.3, 0.4) is 0 Å². The highest BCUT2D eigenvalue weighted by Gasteiger charge is 2.09. The van der Waals surface area contributed by atoms with Crippen molar-refractivity contribution in [3.05, 3.63) is 23.8 Å². The summed E-state index contributed by atoms with van der Waals surface area (Å²) in [6.45, 7) is 5.41. The van der Waals surface area contributed by atoms with E-state index in [4.69, 9.17) is 15.9 Å². The highest BCUT2D eigenvalue weighted by molar-refractivity contribution is 14.0. The van der Waals surface area contributed by atoms with Gasteiger partial charge in [-0.05, 0) is 56.6 Å². The Morgan fingerprint density at radius 3 is 2.59 bits per heavy atom. The maximum atomic E-state index is 5.56. The number of nitrogens with one attached hydrogen (secondary N) is 2. The van der Waals surface area contributed by atoms with Crippen molar-refractivity contribution in [2.24, 2.45) is 4.99 Å². The molecule has 0 spiro atoms. The van der Waals surface area contributed by atoms with Gasteiger partial charge in [-0.1, -0.05) is 24.8 Å². The van der Waals surface area contributed by atoms with Crippen LogP contribution < -0.4 is 20.1 Å². The van der Waals surface area contributed by atoms with Crippen LogP contribution in [0.25, 0.3) is 0 Å². The Kier molecular flexibility index (Phi) is 13.3. The third kappa shape index (κ3) is 9.59. The van der Waals surface area contributed by atoms with Crippen LogP contribution in [-0.4, -0.2) is 57.8 Å². The summed E-state index contributed by atoms with van der Waals surface area (Å²) >= 11 is 0. The number of nitrogens with zero attached hydrogens (tertiary/aromatic N) is 2. The van der Waals surface area contributed by atoms with E-state index in [0.717, 1.165) is 31.0 Å². The quantitative estimate of drug-likeness (QED) is 0.174. The standard InChI is InChI=1S/C22H34N4O2.HI/c1-4-16-28-21-17-19(10-11-20(21)27-3)18-25-22(23-2)24-12-9-15-26-13-7-5-6-8-14-26;/h1,10-11,17H,5-9,12-16,18H2,2-3H3,(H2,23,24,25);1H. The Morgan fingerprint density at radius 1 is 1.17 bits per heavy atom. The number of ether oxygens (including phenoxy) is 2. The lowest BCUT2D eigenvalue weighted by Crippen LogP contribution is -2.38. The molecule has 0 amide bonds. The normalized spacial score (nSPS) is 14.9. The van der Waals surface area contributed by atoms with E-state index in [2.05, 4.69) is 26.4 Å². The van der Waals surface area contributed by atoms with Crippen molar-refractivity contribution in [3.63, 3.8) is 0 Å². The number of halogens is 1. The fraction of sp³-hybridized carbons (Fsp3) is 0.591. The second-order valence-electron chi connectivity index (χ2n) is 6.94. The predicted octanol–water partition coefficient (Wildman–Crippen LogP) is 3.26. The molecule has 162 valence electrons. The molecule has 0 unspecified atom stereocenters. The second kappa shape index (κ2) is 15.2. The largest absolute Gasteiger partial charge is 0.493 e. The van der Waals surface area contributed by atoms with E-state index in [1.807, 2.05) is 18.2 Å². The number of terminal acetylenes is 1. The van der Waals surface area contributed by atoms with Gasteiger partial charge >= 0.3 is 0 Å². The first-order chi connectivity index (χ1) is 13.8. The van der Waals surface area contributed by atoms with E-state index in [-0.39, 0.29) is 30.6 Å². The molecule has 0 aliphatic carbocycles.